The maximum absolute atomic E-state index is 5.82. The van der Waals surface area contributed by atoms with E-state index in [9.17, 15) is 0 Å². The van der Waals surface area contributed by atoms with Crippen LogP contribution in [0.3, 0.4) is 0 Å². The number of ether oxygens (including phenoxy) is 1. The van der Waals surface area contributed by atoms with Crippen LogP contribution in [-0.2, 0) is 4.74 Å². The van der Waals surface area contributed by atoms with Crippen molar-refractivity contribution in [2.75, 3.05) is 5.33 Å². The predicted octanol–water partition coefficient (Wildman–Crippen LogP) is 3.86. The van der Waals surface area contributed by atoms with Crippen LogP contribution in [0.2, 0.25) is 0 Å². The van der Waals surface area contributed by atoms with Gasteiger partial charge in [-0.05, 0) is 31.9 Å². The minimum Gasteiger partial charge on any atom is -0.370 e. The van der Waals surface area contributed by atoms with Crippen LogP contribution >= 0.6 is 15.9 Å². The molecule has 14 heavy (non-hydrogen) atoms. The zero-order valence-corrected chi connectivity index (χ0v) is 10.5. The van der Waals surface area contributed by atoms with Crippen molar-refractivity contribution < 1.29 is 4.74 Å². The molecule has 0 bridgehead atoms. The first-order valence-corrected chi connectivity index (χ1v) is 6.04. The molecule has 0 saturated heterocycles. The number of hydrogen-bond donors (Lipinski definition) is 0. The Balaban J connectivity index is 2.83. The average Bonchev–Trinajstić information content (AvgIpc) is 2.15. The van der Waals surface area contributed by atoms with Crippen LogP contribution in [0.15, 0.2) is 24.3 Å². The minimum absolute atomic E-state index is 0.163. The summed E-state index contributed by atoms with van der Waals surface area (Å²) in [4.78, 5) is 0. The molecule has 0 aliphatic rings. The molecule has 0 N–H and O–H groups in total. The summed E-state index contributed by atoms with van der Waals surface area (Å²) in [7, 11) is 0. The highest BCUT2D eigenvalue weighted by Crippen LogP contribution is 2.24. The molecular formula is C12H17BrO. The maximum atomic E-state index is 5.82. The molecule has 1 aromatic rings. The molecule has 0 aliphatic carbocycles. The average molecular weight is 257 g/mol. The van der Waals surface area contributed by atoms with Gasteiger partial charge in [0.05, 0.1) is 12.2 Å². The normalized spacial score (nSPS) is 13.2. The lowest BCUT2D eigenvalue weighted by Crippen LogP contribution is -2.12. The Morgan fingerprint density at radius 3 is 2.43 bits per heavy atom. The van der Waals surface area contributed by atoms with Crippen molar-refractivity contribution in [3.8, 4) is 0 Å². The van der Waals surface area contributed by atoms with Gasteiger partial charge in [0.15, 0.2) is 0 Å². The summed E-state index contributed by atoms with van der Waals surface area (Å²) in [5.74, 6) is 0. The van der Waals surface area contributed by atoms with Gasteiger partial charge in [-0.3, -0.25) is 0 Å². The fourth-order valence-corrected chi connectivity index (χ4v) is 1.97. The third-order valence-electron chi connectivity index (χ3n) is 2.11. The molecular weight excluding hydrogens is 240 g/mol. The van der Waals surface area contributed by atoms with E-state index in [1.807, 2.05) is 0 Å². The highest BCUT2D eigenvalue weighted by Gasteiger charge is 2.13. The lowest BCUT2D eigenvalue weighted by Gasteiger charge is -2.20. The number of benzene rings is 1. The molecule has 2 heteroatoms. The Morgan fingerprint density at radius 2 is 1.93 bits per heavy atom. The van der Waals surface area contributed by atoms with E-state index in [2.05, 4.69) is 61.0 Å². The molecule has 0 saturated carbocycles. The van der Waals surface area contributed by atoms with Gasteiger partial charge >= 0.3 is 0 Å². The Hall–Kier alpha value is -0.340. The van der Waals surface area contributed by atoms with Gasteiger partial charge in [0.1, 0.15) is 0 Å². The summed E-state index contributed by atoms with van der Waals surface area (Å²) in [6, 6.07) is 8.36. The van der Waals surface area contributed by atoms with E-state index in [1.165, 1.54) is 11.1 Å². The van der Waals surface area contributed by atoms with Gasteiger partial charge in [0.2, 0.25) is 0 Å². The van der Waals surface area contributed by atoms with Gasteiger partial charge < -0.3 is 4.74 Å². The smallest absolute Gasteiger partial charge is 0.0927 e. The second kappa shape index (κ2) is 5.52. The monoisotopic (exact) mass is 256 g/mol. The highest BCUT2D eigenvalue weighted by atomic mass is 79.9. The molecule has 1 rings (SSSR count). The van der Waals surface area contributed by atoms with E-state index in [0.717, 1.165) is 5.33 Å². The number of hydrogen-bond acceptors (Lipinski definition) is 1. The molecule has 1 nitrogen and oxygen atoms in total. The topological polar surface area (TPSA) is 9.23 Å². The van der Waals surface area contributed by atoms with Crippen LogP contribution in [0, 0.1) is 6.92 Å². The summed E-state index contributed by atoms with van der Waals surface area (Å²) >= 11 is 3.49. The number of aryl methyl sites for hydroxylation is 1. The molecule has 1 unspecified atom stereocenters. The second-order valence-electron chi connectivity index (χ2n) is 3.68. The van der Waals surface area contributed by atoms with Crippen molar-refractivity contribution in [1.82, 2.24) is 0 Å². The maximum Gasteiger partial charge on any atom is 0.0927 e. The number of rotatable bonds is 4. The molecule has 0 radical (unpaired) electrons. The van der Waals surface area contributed by atoms with Gasteiger partial charge in [-0.1, -0.05) is 40.2 Å². The van der Waals surface area contributed by atoms with E-state index in [4.69, 9.17) is 4.74 Å². The summed E-state index contributed by atoms with van der Waals surface area (Å²) in [5.41, 5.74) is 2.57. The predicted molar refractivity (Wildman–Crippen MR) is 63.9 cm³/mol. The number of halogens is 1. The third-order valence-corrected chi connectivity index (χ3v) is 2.70. The Labute approximate surface area is 94.6 Å². The Morgan fingerprint density at radius 1 is 1.29 bits per heavy atom. The summed E-state index contributed by atoms with van der Waals surface area (Å²) in [6.07, 6.45) is 0.424. The van der Waals surface area contributed by atoms with Crippen molar-refractivity contribution in [1.29, 1.82) is 0 Å². The third kappa shape index (κ3) is 3.10. The Kier molecular flexibility index (Phi) is 4.63. The van der Waals surface area contributed by atoms with Crippen molar-refractivity contribution in [2.24, 2.45) is 0 Å². The van der Waals surface area contributed by atoms with Crippen molar-refractivity contribution in [3.05, 3.63) is 35.4 Å². The van der Waals surface area contributed by atoms with Crippen LogP contribution < -0.4 is 0 Å². The molecule has 0 spiro atoms. The van der Waals surface area contributed by atoms with Crippen LogP contribution in [-0.4, -0.2) is 11.4 Å². The van der Waals surface area contributed by atoms with Crippen molar-refractivity contribution >= 4 is 15.9 Å². The van der Waals surface area contributed by atoms with E-state index >= 15 is 0 Å². The van der Waals surface area contributed by atoms with E-state index in [1.54, 1.807) is 0 Å². The number of alkyl halides is 1. The standard InChI is InChI=1S/C12H17BrO/c1-9(2)14-12(8-13)11-7-5-4-6-10(11)3/h4-7,9,12H,8H2,1-3H3. The molecule has 0 heterocycles. The van der Waals surface area contributed by atoms with Crippen LogP contribution in [0.1, 0.15) is 31.1 Å². The van der Waals surface area contributed by atoms with Gasteiger partial charge in [0.25, 0.3) is 0 Å². The molecule has 0 aliphatic heterocycles. The van der Waals surface area contributed by atoms with E-state index in [0.29, 0.717) is 0 Å². The summed E-state index contributed by atoms with van der Waals surface area (Å²) in [6.45, 7) is 6.25. The fraction of sp³-hybridized carbons (Fsp3) is 0.500. The molecule has 1 aromatic carbocycles. The van der Waals surface area contributed by atoms with Crippen LogP contribution in [0.25, 0.3) is 0 Å². The van der Waals surface area contributed by atoms with E-state index in [-0.39, 0.29) is 12.2 Å². The molecule has 78 valence electrons. The highest BCUT2D eigenvalue weighted by molar-refractivity contribution is 9.09. The first-order chi connectivity index (χ1) is 6.65. The zero-order valence-electron chi connectivity index (χ0n) is 8.96. The first kappa shape index (κ1) is 11.7. The summed E-state index contributed by atoms with van der Waals surface area (Å²) < 4.78 is 5.82. The van der Waals surface area contributed by atoms with Gasteiger partial charge in [-0.15, -0.1) is 0 Å². The van der Waals surface area contributed by atoms with Gasteiger partial charge in [0, 0.05) is 5.33 Å². The van der Waals surface area contributed by atoms with Crippen LogP contribution in [0.5, 0.6) is 0 Å². The lowest BCUT2D eigenvalue weighted by molar-refractivity contribution is 0.0211. The Bertz CT molecular complexity index is 283. The van der Waals surface area contributed by atoms with E-state index < -0.39 is 0 Å². The molecule has 0 amide bonds. The quantitative estimate of drug-likeness (QED) is 0.744. The van der Waals surface area contributed by atoms with Crippen molar-refractivity contribution in [3.63, 3.8) is 0 Å². The van der Waals surface area contributed by atoms with Crippen molar-refractivity contribution in [2.45, 2.75) is 33.0 Å². The molecule has 1 atom stereocenters. The second-order valence-corrected chi connectivity index (χ2v) is 4.33. The molecule has 0 aromatic heterocycles. The minimum atomic E-state index is 0.163. The van der Waals surface area contributed by atoms with Gasteiger partial charge in [-0.2, -0.15) is 0 Å². The fourth-order valence-electron chi connectivity index (χ4n) is 1.47. The largest absolute Gasteiger partial charge is 0.370 e. The van der Waals surface area contributed by atoms with Gasteiger partial charge in [-0.25, -0.2) is 0 Å². The SMILES string of the molecule is Cc1ccccc1C(CBr)OC(C)C. The lowest BCUT2D eigenvalue weighted by atomic mass is 10.0. The zero-order chi connectivity index (χ0) is 10.6. The first-order valence-electron chi connectivity index (χ1n) is 4.92. The van der Waals surface area contributed by atoms with Crippen LogP contribution in [0.4, 0.5) is 0 Å². The summed E-state index contributed by atoms with van der Waals surface area (Å²) in [5, 5.41) is 0.843. The molecule has 0 fully saturated rings.